The SMILES string of the molecule is COc1ccc([C@@H](C)Nc2c(C(=O)O)c(=O)[nH]c3ccccc23)cc1. The number of hydrogen-bond acceptors (Lipinski definition) is 4. The van der Waals surface area contributed by atoms with Crippen LogP contribution in [0.2, 0.25) is 0 Å². The molecule has 3 N–H and O–H groups in total. The molecule has 1 aromatic heterocycles. The highest BCUT2D eigenvalue weighted by atomic mass is 16.5. The summed E-state index contributed by atoms with van der Waals surface area (Å²) in [5.41, 5.74) is 0.924. The smallest absolute Gasteiger partial charge is 0.343 e. The molecule has 25 heavy (non-hydrogen) atoms. The van der Waals surface area contributed by atoms with Crippen molar-refractivity contribution in [3.8, 4) is 5.75 Å². The van der Waals surface area contributed by atoms with Gasteiger partial charge in [0.2, 0.25) is 0 Å². The van der Waals surface area contributed by atoms with Crippen LogP contribution in [-0.4, -0.2) is 23.2 Å². The van der Waals surface area contributed by atoms with Gasteiger partial charge in [-0.15, -0.1) is 0 Å². The second-order valence-electron chi connectivity index (χ2n) is 5.69. The maximum Gasteiger partial charge on any atom is 0.343 e. The molecule has 0 radical (unpaired) electrons. The van der Waals surface area contributed by atoms with E-state index in [-0.39, 0.29) is 11.6 Å². The molecule has 128 valence electrons. The molecule has 0 aliphatic rings. The summed E-state index contributed by atoms with van der Waals surface area (Å²) in [5.74, 6) is -0.528. The monoisotopic (exact) mass is 338 g/mol. The first-order valence-corrected chi connectivity index (χ1v) is 7.80. The van der Waals surface area contributed by atoms with E-state index in [4.69, 9.17) is 4.74 Å². The summed E-state index contributed by atoms with van der Waals surface area (Å²) in [6.45, 7) is 1.91. The summed E-state index contributed by atoms with van der Waals surface area (Å²) in [7, 11) is 1.60. The number of anilines is 1. The van der Waals surface area contributed by atoms with Crippen molar-refractivity contribution in [1.82, 2.24) is 4.98 Å². The first kappa shape index (κ1) is 16.6. The van der Waals surface area contributed by atoms with Gasteiger partial charge in [-0.2, -0.15) is 0 Å². The standard InChI is InChI=1S/C19H18N2O4/c1-11(12-7-9-13(25-2)10-8-12)20-17-14-5-3-4-6-15(14)21-18(22)16(17)19(23)24/h3-11H,1-2H3,(H,23,24)(H2,20,21,22)/t11-/m1/s1. The van der Waals surface area contributed by atoms with Gasteiger partial charge in [-0.05, 0) is 30.7 Å². The number of carbonyl (C=O) groups is 1. The Labute approximate surface area is 144 Å². The number of fused-ring (bicyclic) bond motifs is 1. The number of para-hydroxylation sites is 1. The first-order chi connectivity index (χ1) is 12.0. The third-order valence-corrected chi connectivity index (χ3v) is 4.11. The van der Waals surface area contributed by atoms with Gasteiger partial charge in [0.05, 0.1) is 18.3 Å². The molecule has 1 atom stereocenters. The predicted molar refractivity (Wildman–Crippen MR) is 96.6 cm³/mol. The second kappa shape index (κ2) is 6.68. The van der Waals surface area contributed by atoms with E-state index in [1.54, 1.807) is 31.4 Å². The van der Waals surface area contributed by atoms with Crippen molar-refractivity contribution in [3.63, 3.8) is 0 Å². The number of carboxylic acids is 1. The molecular weight excluding hydrogens is 320 g/mol. The summed E-state index contributed by atoms with van der Waals surface area (Å²) in [5, 5.41) is 13.3. The number of rotatable bonds is 5. The van der Waals surface area contributed by atoms with Gasteiger partial charge >= 0.3 is 5.97 Å². The van der Waals surface area contributed by atoms with Gasteiger partial charge in [-0.1, -0.05) is 30.3 Å². The van der Waals surface area contributed by atoms with E-state index < -0.39 is 11.5 Å². The Morgan fingerprint density at radius 1 is 1.16 bits per heavy atom. The zero-order valence-electron chi connectivity index (χ0n) is 13.9. The Hall–Kier alpha value is -3.28. The highest BCUT2D eigenvalue weighted by Gasteiger charge is 2.20. The number of aromatic nitrogens is 1. The Morgan fingerprint density at radius 2 is 1.84 bits per heavy atom. The van der Waals surface area contributed by atoms with Crippen molar-refractivity contribution in [2.45, 2.75) is 13.0 Å². The van der Waals surface area contributed by atoms with Gasteiger partial charge in [0.1, 0.15) is 11.3 Å². The molecule has 0 amide bonds. The van der Waals surface area contributed by atoms with E-state index >= 15 is 0 Å². The summed E-state index contributed by atoms with van der Waals surface area (Å²) in [4.78, 5) is 26.4. The van der Waals surface area contributed by atoms with Crippen molar-refractivity contribution in [2.75, 3.05) is 12.4 Å². The minimum absolute atomic E-state index is 0.200. The number of carboxylic acid groups (broad SMARTS) is 1. The first-order valence-electron chi connectivity index (χ1n) is 7.80. The van der Waals surface area contributed by atoms with Gasteiger partial charge < -0.3 is 20.1 Å². The third kappa shape index (κ3) is 3.19. The Balaban J connectivity index is 2.08. The predicted octanol–water partition coefficient (Wildman–Crippen LogP) is 3.41. The number of ether oxygens (including phenoxy) is 1. The molecule has 6 heteroatoms. The van der Waals surface area contributed by atoms with E-state index in [2.05, 4.69) is 10.3 Å². The van der Waals surface area contributed by atoms with Crippen molar-refractivity contribution in [1.29, 1.82) is 0 Å². The lowest BCUT2D eigenvalue weighted by molar-refractivity contribution is 0.0696. The van der Waals surface area contributed by atoms with E-state index in [1.165, 1.54) is 0 Å². The minimum atomic E-state index is -1.27. The molecule has 0 saturated heterocycles. The normalized spacial score (nSPS) is 11.9. The second-order valence-corrected chi connectivity index (χ2v) is 5.69. The van der Waals surface area contributed by atoms with Crippen molar-refractivity contribution >= 4 is 22.6 Å². The largest absolute Gasteiger partial charge is 0.497 e. The van der Waals surface area contributed by atoms with Crippen LogP contribution in [-0.2, 0) is 0 Å². The molecule has 0 aliphatic heterocycles. The zero-order valence-corrected chi connectivity index (χ0v) is 13.9. The molecule has 0 fully saturated rings. The van der Waals surface area contributed by atoms with Crippen LogP contribution in [0.5, 0.6) is 5.75 Å². The lowest BCUT2D eigenvalue weighted by Crippen LogP contribution is -2.22. The lowest BCUT2D eigenvalue weighted by atomic mass is 10.0. The number of nitrogens with one attached hydrogen (secondary N) is 2. The molecule has 0 spiro atoms. The van der Waals surface area contributed by atoms with Crippen molar-refractivity contribution in [2.24, 2.45) is 0 Å². The van der Waals surface area contributed by atoms with Gasteiger partial charge in [0.15, 0.2) is 0 Å². The Morgan fingerprint density at radius 3 is 2.48 bits per heavy atom. The van der Waals surface area contributed by atoms with Crippen LogP contribution >= 0.6 is 0 Å². The zero-order chi connectivity index (χ0) is 18.0. The number of hydrogen-bond donors (Lipinski definition) is 3. The molecule has 1 heterocycles. The highest BCUT2D eigenvalue weighted by molar-refractivity contribution is 6.04. The quantitative estimate of drug-likeness (QED) is 0.663. The fourth-order valence-corrected chi connectivity index (χ4v) is 2.79. The van der Waals surface area contributed by atoms with E-state index in [1.807, 2.05) is 31.2 Å². The summed E-state index contributed by atoms with van der Waals surface area (Å²) < 4.78 is 5.15. The van der Waals surface area contributed by atoms with E-state index in [9.17, 15) is 14.7 Å². The average molecular weight is 338 g/mol. The van der Waals surface area contributed by atoms with Gasteiger partial charge in [-0.3, -0.25) is 4.79 Å². The maximum absolute atomic E-state index is 12.2. The minimum Gasteiger partial charge on any atom is -0.497 e. The number of benzene rings is 2. The molecule has 0 bridgehead atoms. The molecular formula is C19H18N2O4. The molecule has 3 aromatic rings. The number of aromatic carboxylic acids is 1. The number of methoxy groups -OCH3 is 1. The van der Waals surface area contributed by atoms with Crippen molar-refractivity contribution < 1.29 is 14.6 Å². The third-order valence-electron chi connectivity index (χ3n) is 4.11. The van der Waals surface area contributed by atoms with Crippen LogP contribution in [0.1, 0.15) is 28.9 Å². The molecule has 0 unspecified atom stereocenters. The topological polar surface area (TPSA) is 91.4 Å². The van der Waals surface area contributed by atoms with Crippen molar-refractivity contribution in [3.05, 3.63) is 70.0 Å². The maximum atomic E-state index is 12.2. The van der Waals surface area contributed by atoms with Gasteiger partial charge in [0, 0.05) is 11.4 Å². The van der Waals surface area contributed by atoms with Crippen LogP contribution in [0, 0.1) is 0 Å². The van der Waals surface area contributed by atoms with E-state index in [0.717, 1.165) is 11.3 Å². The average Bonchev–Trinajstić information content (AvgIpc) is 2.61. The van der Waals surface area contributed by atoms with Gasteiger partial charge in [-0.25, -0.2) is 4.79 Å². The molecule has 2 aromatic carbocycles. The van der Waals surface area contributed by atoms with Crippen LogP contribution < -0.4 is 15.6 Å². The van der Waals surface area contributed by atoms with Crippen LogP contribution in [0.25, 0.3) is 10.9 Å². The van der Waals surface area contributed by atoms with E-state index in [0.29, 0.717) is 16.6 Å². The van der Waals surface area contributed by atoms with Crippen LogP contribution in [0.15, 0.2) is 53.3 Å². The number of aromatic amines is 1. The van der Waals surface area contributed by atoms with Crippen LogP contribution in [0.3, 0.4) is 0 Å². The summed E-state index contributed by atoms with van der Waals surface area (Å²) >= 11 is 0. The lowest BCUT2D eigenvalue weighted by Gasteiger charge is -2.19. The molecule has 6 nitrogen and oxygen atoms in total. The summed E-state index contributed by atoms with van der Waals surface area (Å²) in [6, 6.07) is 14.4. The molecule has 0 aliphatic carbocycles. The Bertz CT molecular complexity index is 977. The highest BCUT2D eigenvalue weighted by Crippen LogP contribution is 2.28. The number of H-pyrrole nitrogens is 1. The summed E-state index contributed by atoms with van der Waals surface area (Å²) in [6.07, 6.45) is 0. The fourth-order valence-electron chi connectivity index (χ4n) is 2.79. The van der Waals surface area contributed by atoms with Crippen LogP contribution in [0.4, 0.5) is 5.69 Å². The molecule has 0 saturated carbocycles. The van der Waals surface area contributed by atoms with Gasteiger partial charge in [0.25, 0.3) is 5.56 Å². The Kier molecular flexibility index (Phi) is 4.43. The number of pyridine rings is 1. The molecule has 3 rings (SSSR count). The fraction of sp³-hybridized carbons (Fsp3) is 0.158.